The lowest BCUT2D eigenvalue weighted by Crippen LogP contribution is -2.35. The van der Waals surface area contributed by atoms with E-state index >= 15 is 0 Å². The van der Waals surface area contributed by atoms with Crippen LogP contribution in [0.4, 0.5) is 0 Å². The second-order valence-corrected chi connectivity index (χ2v) is 5.13. The van der Waals surface area contributed by atoms with Crippen molar-refractivity contribution in [2.24, 2.45) is 12.0 Å². The number of hydrogen-bond donors (Lipinski definition) is 1. The van der Waals surface area contributed by atoms with Crippen LogP contribution in [-0.4, -0.2) is 35.6 Å². The van der Waals surface area contributed by atoms with Crippen molar-refractivity contribution in [3.63, 3.8) is 0 Å². The maximum atomic E-state index is 4.47. The van der Waals surface area contributed by atoms with Gasteiger partial charge in [-0.25, -0.2) is 0 Å². The Morgan fingerprint density at radius 2 is 2.00 bits per heavy atom. The Morgan fingerprint density at radius 1 is 1.25 bits per heavy atom. The number of hydrogen-bond acceptors (Lipinski definition) is 3. The van der Waals surface area contributed by atoms with E-state index in [1.165, 1.54) is 22.2 Å². The highest BCUT2D eigenvalue weighted by Crippen LogP contribution is 2.24. The van der Waals surface area contributed by atoms with Crippen LogP contribution < -0.4 is 5.32 Å². The maximum Gasteiger partial charge on any atom is 0.194 e. The minimum Gasteiger partial charge on any atom is -0.351 e. The van der Waals surface area contributed by atoms with E-state index in [4.69, 9.17) is 0 Å². The van der Waals surface area contributed by atoms with E-state index in [0.717, 1.165) is 25.6 Å². The van der Waals surface area contributed by atoms with Gasteiger partial charge in [-0.05, 0) is 18.6 Å². The van der Waals surface area contributed by atoms with Crippen molar-refractivity contribution in [3.05, 3.63) is 35.5 Å². The van der Waals surface area contributed by atoms with Crippen LogP contribution in [0.2, 0.25) is 0 Å². The minimum absolute atomic E-state index is 0. The van der Waals surface area contributed by atoms with Crippen molar-refractivity contribution in [2.45, 2.75) is 13.5 Å². The molecule has 0 saturated carbocycles. The molecule has 0 bridgehead atoms. The third-order valence-electron chi connectivity index (χ3n) is 3.98. The SMILES string of the molecule is Cc1c(CNC2=NCCN2C)n(C)c2ccccc12.I. The van der Waals surface area contributed by atoms with Crippen molar-refractivity contribution in [1.82, 2.24) is 14.8 Å². The molecule has 4 nitrogen and oxygen atoms in total. The highest BCUT2D eigenvalue weighted by atomic mass is 127. The molecule has 5 heteroatoms. The lowest BCUT2D eigenvalue weighted by atomic mass is 10.1. The summed E-state index contributed by atoms with van der Waals surface area (Å²) in [6, 6.07) is 8.55. The first-order valence-electron chi connectivity index (χ1n) is 6.71. The predicted molar refractivity (Wildman–Crippen MR) is 94.8 cm³/mol. The van der Waals surface area contributed by atoms with Crippen LogP contribution in [0.25, 0.3) is 10.9 Å². The molecule has 1 aliphatic rings. The third kappa shape index (κ3) is 2.51. The quantitative estimate of drug-likeness (QED) is 0.808. The smallest absolute Gasteiger partial charge is 0.194 e. The highest BCUT2D eigenvalue weighted by Gasteiger charge is 2.15. The van der Waals surface area contributed by atoms with Crippen molar-refractivity contribution in [1.29, 1.82) is 0 Å². The molecule has 1 aliphatic heterocycles. The summed E-state index contributed by atoms with van der Waals surface area (Å²) >= 11 is 0. The Labute approximate surface area is 136 Å². The molecule has 1 aromatic carbocycles. The first-order chi connectivity index (χ1) is 9.18. The average Bonchev–Trinajstić information content (AvgIpc) is 2.93. The lowest BCUT2D eigenvalue weighted by Gasteiger charge is -2.16. The number of aryl methyl sites for hydroxylation is 2. The number of likely N-dealkylation sites (N-methyl/N-ethyl adjacent to an activating group) is 1. The topological polar surface area (TPSA) is 32.6 Å². The van der Waals surface area contributed by atoms with Gasteiger partial charge in [-0.1, -0.05) is 18.2 Å². The zero-order valence-electron chi connectivity index (χ0n) is 12.2. The van der Waals surface area contributed by atoms with Crippen molar-refractivity contribution >= 4 is 40.8 Å². The largest absolute Gasteiger partial charge is 0.351 e. The van der Waals surface area contributed by atoms with Crippen LogP contribution in [0.1, 0.15) is 11.3 Å². The van der Waals surface area contributed by atoms with E-state index in [9.17, 15) is 0 Å². The van der Waals surface area contributed by atoms with E-state index in [0.29, 0.717) is 0 Å². The molecule has 0 amide bonds. The van der Waals surface area contributed by atoms with Gasteiger partial charge in [-0.15, -0.1) is 24.0 Å². The van der Waals surface area contributed by atoms with Gasteiger partial charge < -0.3 is 14.8 Å². The Hall–Kier alpha value is -1.24. The van der Waals surface area contributed by atoms with E-state index in [1.807, 2.05) is 0 Å². The number of aromatic nitrogens is 1. The van der Waals surface area contributed by atoms with Gasteiger partial charge in [0, 0.05) is 37.2 Å². The molecule has 0 aliphatic carbocycles. The maximum absolute atomic E-state index is 4.47. The average molecular weight is 384 g/mol. The van der Waals surface area contributed by atoms with Crippen LogP contribution in [0, 0.1) is 6.92 Å². The number of guanidine groups is 1. The molecule has 20 heavy (non-hydrogen) atoms. The van der Waals surface area contributed by atoms with E-state index in [1.54, 1.807) is 0 Å². The standard InChI is InChI=1S/C15H20N4.HI/c1-11-12-6-4-5-7-13(12)19(3)14(11)10-17-15-16-8-9-18(15)2;/h4-7H,8-10H2,1-3H3,(H,16,17);1H. The molecule has 2 aromatic rings. The molecule has 0 unspecified atom stereocenters. The fourth-order valence-electron chi connectivity index (χ4n) is 2.77. The highest BCUT2D eigenvalue weighted by molar-refractivity contribution is 14.0. The predicted octanol–water partition coefficient (Wildman–Crippen LogP) is 2.50. The summed E-state index contributed by atoms with van der Waals surface area (Å²) in [5.74, 6) is 1.00. The Morgan fingerprint density at radius 3 is 2.65 bits per heavy atom. The van der Waals surface area contributed by atoms with Gasteiger partial charge in [0.1, 0.15) is 0 Å². The molecule has 0 atom stereocenters. The molecule has 1 N–H and O–H groups in total. The van der Waals surface area contributed by atoms with Crippen LogP contribution in [0.3, 0.4) is 0 Å². The fourth-order valence-corrected chi connectivity index (χ4v) is 2.77. The summed E-state index contributed by atoms with van der Waals surface area (Å²) in [6.07, 6.45) is 0. The molecule has 0 fully saturated rings. The van der Waals surface area contributed by atoms with Crippen LogP contribution in [0.15, 0.2) is 29.3 Å². The monoisotopic (exact) mass is 384 g/mol. The molecule has 3 rings (SSSR count). The molecular formula is C15H21IN4. The van der Waals surface area contributed by atoms with Crippen molar-refractivity contribution in [3.8, 4) is 0 Å². The van der Waals surface area contributed by atoms with Crippen LogP contribution in [0.5, 0.6) is 0 Å². The molecule has 0 spiro atoms. The lowest BCUT2D eigenvalue weighted by molar-refractivity contribution is 0.532. The third-order valence-corrected chi connectivity index (χ3v) is 3.98. The molecule has 0 saturated heterocycles. The summed E-state index contributed by atoms with van der Waals surface area (Å²) < 4.78 is 2.27. The summed E-state index contributed by atoms with van der Waals surface area (Å²) in [4.78, 5) is 6.63. The first kappa shape index (κ1) is 15.2. The van der Waals surface area contributed by atoms with Gasteiger partial charge in [0.15, 0.2) is 5.96 Å². The van der Waals surface area contributed by atoms with Crippen LogP contribution >= 0.6 is 24.0 Å². The number of fused-ring (bicyclic) bond motifs is 1. The van der Waals surface area contributed by atoms with Gasteiger partial charge in [0.2, 0.25) is 0 Å². The summed E-state index contributed by atoms with van der Waals surface area (Å²) in [6.45, 7) is 4.92. The molecule has 2 heterocycles. The van der Waals surface area contributed by atoms with Gasteiger partial charge in [-0.2, -0.15) is 0 Å². The second-order valence-electron chi connectivity index (χ2n) is 5.13. The Balaban J connectivity index is 0.00000147. The van der Waals surface area contributed by atoms with Crippen molar-refractivity contribution < 1.29 is 0 Å². The van der Waals surface area contributed by atoms with Gasteiger partial charge in [-0.3, -0.25) is 4.99 Å². The minimum atomic E-state index is 0. The number of para-hydroxylation sites is 1. The van der Waals surface area contributed by atoms with Gasteiger partial charge in [0.25, 0.3) is 0 Å². The normalized spacial score (nSPS) is 14.3. The Kier molecular flexibility index (Phi) is 4.57. The molecular weight excluding hydrogens is 363 g/mol. The number of halogens is 1. The number of nitrogens with one attached hydrogen (secondary N) is 1. The summed E-state index contributed by atoms with van der Waals surface area (Å²) in [5.41, 5.74) is 3.97. The number of nitrogens with zero attached hydrogens (tertiary/aromatic N) is 3. The second kappa shape index (κ2) is 6.03. The molecule has 108 valence electrons. The fraction of sp³-hybridized carbons (Fsp3) is 0.400. The number of rotatable bonds is 2. The molecule has 0 radical (unpaired) electrons. The van der Waals surface area contributed by atoms with Gasteiger partial charge >= 0.3 is 0 Å². The summed E-state index contributed by atoms with van der Waals surface area (Å²) in [5, 5.41) is 4.78. The van der Waals surface area contributed by atoms with Crippen LogP contribution in [-0.2, 0) is 13.6 Å². The zero-order chi connectivity index (χ0) is 13.4. The summed E-state index contributed by atoms with van der Waals surface area (Å²) in [7, 11) is 4.21. The number of aliphatic imine (C=N–C) groups is 1. The molecule has 1 aromatic heterocycles. The van der Waals surface area contributed by atoms with E-state index in [2.05, 4.69) is 65.1 Å². The first-order valence-corrected chi connectivity index (χ1v) is 6.71. The zero-order valence-corrected chi connectivity index (χ0v) is 14.5. The number of benzene rings is 1. The van der Waals surface area contributed by atoms with E-state index < -0.39 is 0 Å². The van der Waals surface area contributed by atoms with Gasteiger partial charge in [0.05, 0.1) is 13.1 Å². The van der Waals surface area contributed by atoms with Crippen molar-refractivity contribution in [2.75, 3.05) is 20.1 Å². The van der Waals surface area contributed by atoms with E-state index in [-0.39, 0.29) is 24.0 Å². The Bertz CT molecular complexity index is 606.